The Labute approximate surface area is 70.9 Å². The minimum absolute atomic E-state index is 0. The van der Waals surface area contributed by atoms with Crippen LogP contribution in [-0.2, 0) is 0 Å². The topological polar surface area (TPSA) is 0 Å². The van der Waals surface area contributed by atoms with Crippen molar-refractivity contribution in [1.82, 2.24) is 0 Å². The first kappa shape index (κ1) is 135. The molecule has 0 aromatic heterocycles. The molecule has 48 valence electrons. The SMILES string of the molecule is Cl.Cl.Cl.F.F.[SbH3]. The number of rotatable bonds is 0. The van der Waals surface area contributed by atoms with Gasteiger partial charge in [-0.25, -0.2) is 0 Å². The van der Waals surface area contributed by atoms with Gasteiger partial charge < -0.3 is 0 Å². The molecular formula is H8Cl3F2Sb. The molecule has 6 heavy (non-hydrogen) atoms. The second kappa shape index (κ2) is 84.1. The number of hydrogen-bond acceptors (Lipinski definition) is 0. The summed E-state index contributed by atoms with van der Waals surface area (Å²) in [6.07, 6.45) is 0. The fraction of sp³-hybridized carbons (Fsp3) is 0. The normalized spacial score (nSPS) is 0. The molecule has 0 N–H and O–H groups in total. The van der Waals surface area contributed by atoms with E-state index in [9.17, 15) is 0 Å². The first-order chi connectivity index (χ1) is 0. The maximum absolute atomic E-state index is 0. The van der Waals surface area contributed by atoms with Gasteiger partial charge in [-0.2, -0.15) is 0 Å². The van der Waals surface area contributed by atoms with E-state index in [-0.39, 0.29) is 71.1 Å². The molecule has 0 atom stereocenters. The molecule has 0 rings (SSSR count). The molecule has 0 nitrogen and oxygen atoms in total. The van der Waals surface area contributed by atoms with Gasteiger partial charge in [-0.1, -0.05) is 0 Å². The third kappa shape index (κ3) is 47.9. The predicted octanol–water partition coefficient (Wildman–Crippen LogP) is 0.386. The van der Waals surface area contributed by atoms with Gasteiger partial charge in [-0.05, 0) is 0 Å². The van der Waals surface area contributed by atoms with Crippen molar-refractivity contribution in [2.45, 2.75) is 0 Å². The monoisotopic (exact) mass is 272 g/mol. The standard InChI is InChI=1S/3ClH.2FH.Sb.3H/h5*1H;;;;. The summed E-state index contributed by atoms with van der Waals surface area (Å²) >= 11 is 0. The third-order valence-electron chi connectivity index (χ3n) is 0. The Balaban J connectivity index is 0. The van der Waals surface area contributed by atoms with Crippen LogP contribution in [0.4, 0.5) is 9.41 Å². The zero-order valence-corrected chi connectivity index (χ0v) is 9.23. The molecule has 0 radical (unpaired) electrons. The van der Waals surface area contributed by atoms with Crippen molar-refractivity contribution in [2.75, 3.05) is 0 Å². The van der Waals surface area contributed by atoms with Gasteiger partial charge >= 0.3 is 24.4 Å². The summed E-state index contributed by atoms with van der Waals surface area (Å²) in [6, 6.07) is 0. The van der Waals surface area contributed by atoms with Gasteiger partial charge in [-0.15, -0.1) is 37.2 Å². The van der Waals surface area contributed by atoms with Crippen LogP contribution in [0.5, 0.6) is 0 Å². The van der Waals surface area contributed by atoms with Crippen LogP contribution in [0.1, 0.15) is 0 Å². The van der Waals surface area contributed by atoms with E-state index in [1.54, 1.807) is 0 Å². The minimum atomic E-state index is 0. The van der Waals surface area contributed by atoms with Crippen LogP contribution in [-0.4, -0.2) is 24.4 Å². The third-order valence-corrected chi connectivity index (χ3v) is 0. The molecule has 6 heteroatoms. The Bertz CT molecular complexity index is 8.75. The molecule has 0 bridgehead atoms. The second-order valence-electron chi connectivity index (χ2n) is 0. The summed E-state index contributed by atoms with van der Waals surface area (Å²) in [7, 11) is 0. The van der Waals surface area contributed by atoms with Gasteiger partial charge in [0.2, 0.25) is 0 Å². The van der Waals surface area contributed by atoms with Crippen molar-refractivity contribution in [1.29, 1.82) is 0 Å². The van der Waals surface area contributed by atoms with Crippen LogP contribution in [0.3, 0.4) is 0 Å². The van der Waals surface area contributed by atoms with E-state index in [1.807, 2.05) is 0 Å². The molecule has 0 aromatic rings. The van der Waals surface area contributed by atoms with Gasteiger partial charge in [0.25, 0.3) is 0 Å². The molecule has 0 amide bonds. The van der Waals surface area contributed by atoms with Crippen molar-refractivity contribution in [3.63, 3.8) is 0 Å². The first-order valence-corrected chi connectivity index (χ1v) is 0. The number of halogens is 5. The Morgan fingerprint density at radius 3 is 0.500 bits per heavy atom. The molecule has 0 aromatic carbocycles. The molecule has 0 unspecified atom stereocenters. The van der Waals surface area contributed by atoms with E-state index >= 15 is 0 Å². The van der Waals surface area contributed by atoms with E-state index in [0.29, 0.717) is 0 Å². The molecule has 0 spiro atoms. The summed E-state index contributed by atoms with van der Waals surface area (Å²) in [5.41, 5.74) is 0. The van der Waals surface area contributed by atoms with Crippen LogP contribution in [0, 0.1) is 0 Å². The molecule has 0 aliphatic rings. The molecule has 0 aliphatic heterocycles. The Morgan fingerprint density at radius 2 is 0.500 bits per heavy atom. The van der Waals surface area contributed by atoms with Gasteiger partial charge in [0, 0.05) is 0 Å². The van der Waals surface area contributed by atoms with E-state index < -0.39 is 0 Å². The summed E-state index contributed by atoms with van der Waals surface area (Å²) in [5.74, 6) is 0. The van der Waals surface area contributed by atoms with E-state index in [0.717, 1.165) is 0 Å². The first-order valence-electron chi connectivity index (χ1n) is 0. The van der Waals surface area contributed by atoms with E-state index in [2.05, 4.69) is 0 Å². The average molecular weight is 274 g/mol. The second-order valence-corrected chi connectivity index (χ2v) is 0. The molecule has 0 aliphatic carbocycles. The van der Waals surface area contributed by atoms with Gasteiger partial charge in [0.05, 0.1) is 0 Å². The van der Waals surface area contributed by atoms with Crippen molar-refractivity contribution < 1.29 is 9.41 Å². The van der Waals surface area contributed by atoms with Crippen molar-refractivity contribution >= 4 is 61.6 Å². The van der Waals surface area contributed by atoms with Crippen LogP contribution in [0.15, 0.2) is 0 Å². The molecule has 0 heterocycles. The quantitative estimate of drug-likeness (QED) is 0.561. The van der Waals surface area contributed by atoms with Crippen molar-refractivity contribution in [3.8, 4) is 0 Å². The Kier molecular flexibility index (Phi) is 1890. The summed E-state index contributed by atoms with van der Waals surface area (Å²) in [5, 5.41) is 0. The zero-order chi connectivity index (χ0) is 0. The molecule has 0 fully saturated rings. The summed E-state index contributed by atoms with van der Waals surface area (Å²) in [6.45, 7) is 0. The van der Waals surface area contributed by atoms with Crippen LogP contribution in [0.25, 0.3) is 0 Å². The van der Waals surface area contributed by atoms with Crippen molar-refractivity contribution in [2.24, 2.45) is 0 Å². The van der Waals surface area contributed by atoms with Crippen LogP contribution in [0.2, 0.25) is 0 Å². The average Bonchev–Trinajstić information content (AvgIpc) is 0. The van der Waals surface area contributed by atoms with Gasteiger partial charge in [0.15, 0.2) is 0 Å². The fourth-order valence-electron chi connectivity index (χ4n) is 0. The number of hydrogen-bond donors (Lipinski definition) is 0. The van der Waals surface area contributed by atoms with Gasteiger partial charge in [0.1, 0.15) is 0 Å². The fourth-order valence-corrected chi connectivity index (χ4v) is 0. The van der Waals surface area contributed by atoms with Crippen LogP contribution >= 0.6 is 37.2 Å². The van der Waals surface area contributed by atoms with E-state index in [4.69, 9.17) is 0 Å². The van der Waals surface area contributed by atoms with Crippen LogP contribution < -0.4 is 0 Å². The van der Waals surface area contributed by atoms with E-state index in [1.165, 1.54) is 0 Å². The van der Waals surface area contributed by atoms with Gasteiger partial charge in [-0.3, -0.25) is 9.41 Å². The molecule has 0 saturated carbocycles. The molecular weight excluding hydrogens is 266 g/mol. The zero-order valence-electron chi connectivity index (χ0n) is 2.75. The predicted molar refractivity (Wildman–Crippen MR) is 36.7 cm³/mol. The summed E-state index contributed by atoms with van der Waals surface area (Å²) < 4.78 is 0. The molecule has 0 saturated heterocycles. The van der Waals surface area contributed by atoms with Crippen molar-refractivity contribution in [3.05, 3.63) is 0 Å². The summed E-state index contributed by atoms with van der Waals surface area (Å²) in [4.78, 5) is 0. The maximum atomic E-state index is 0. The Morgan fingerprint density at radius 1 is 0.500 bits per heavy atom. The Hall–Kier alpha value is 1.55.